The number of esters is 2. The van der Waals surface area contributed by atoms with E-state index in [9.17, 15) is 38.4 Å². The Labute approximate surface area is 426 Å². The summed E-state index contributed by atoms with van der Waals surface area (Å²) in [4.78, 5) is 109. The van der Waals surface area contributed by atoms with Gasteiger partial charge in [0, 0.05) is 24.2 Å². The van der Waals surface area contributed by atoms with E-state index in [0.29, 0.717) is 37.1 Å². The quantitative estimate of drug-likeness (QED) is 0.0807. The van der Waals surface area contributed by atoms with Crippen LogP contribution in [0, 0.1) is 28.1 Å². The van der Waals surface area contributed by atoms with Crippen molar-refractivity contribution >= 4 is 47.5 Å². The van der Waals surface area contributed by atoms with Crippen molar-refractivity contribution in [2.24, 2.45) is 28.1 Å². The lowest BCUT2D eigenvalue weighted by atomic mass is 9.82. The van der Waals surface area contributed by atoms with E-state index >= 15 is 0 Å². The van der Waals surface area contributed by atoms with Gasteiger partial charge < -0.3 is 39.4 Å². The fraction of sp³-hybridized carbons (Fsp3) is 0.544. The van der Waals surface area contributed by atoms with Crippen LogP contribution in [0.1, 0.15) is 124 Å². The van der Waals surface area contributed by atoms with Crippen LogP contribution >= 0.6 is 0 Å². The predicted octanol–water partition coefficient (Wildman–Crippen LogP) is 7.65. The third kappa shape index (κ3) is 10.6. The minimum atomic E-state index is -0.884. The van der Waals surface area contributed by atoms with Crippen LogP contribution < -0.4 is 10.6 Å². The van der Waals surface area contributed by atoms with Gasteiger partial charge in [0.05, 0.1) is 14.2 Å². The number of nitrogens with zero attached hydrogens (tertiary/aromatic N) is 2. The standard InChI is InChI=1S/C57H68N4O12/c1-33(2)47(58-53(68)70-5)49(64)60-31-56(21-22-56)27-43(60)51(66)72-29-45(62)37-13-9-35(10-14-37)39-17-18-40(42-26-55(25-41(39)42)19-7-8-20-55)36-11-15-38(16-12-36)46(63)30-73-52(67)44-28-57(23-24-57)32-61(44)50(65)48(34(3)4)59-54(69)71-6/h9-18,33-34,43-44,47-48H,7-8,19-32H2,1-6H3,(H,58,68)(H,59,69). The van der Waals surface area contributed by atoms with Crippen LogP contribution in [-0.4, -0.2) is 122 Å². The van der Waals surface area contributed by atoms with Crippen molar-refractivity contribution in [3.63, 3.8) is 0 Å². The fourth-order valence-corrected chi connectivity index (χ4v) is 12.1. The van der Waals surface area contributed by atoms with E-state index in [1.807, 2.05) is 52.0 Å². The molecule has 9 rings (SSSR count). The maximum Gasteiger partial charge on any atom is 0.407 e. The summed E-state index contributed by atoms with van der Waals surface area (Å²) >= 11 is 0. The highest BCUT2D eigenvalue weighted by molar-refractivity contribution is 6.00. The van der Waals surface area contributed by atoms with Gasteiger partial charge in [0.15, 0.2) is 24.8 Å². The molecule has 4 unspecified atom stereocenters. The number of ether oxygens (including phenoxy) is 4. The molecule has 4 amide bonds. The largest absolute Gasteiger partial charge is 0.456 e. The lowest BCUT2D eigenvalue weighted by Crippen LogP contribution is -2.54. The molecule has 3 aromatic rings. The van der Waals surface area contributed by atoms with Crippen molar-refractivity contribution in [3.05, 3.63) is 82.9 Å². The maximum absolute atomic E-state index is 13.7. The number of Topliss-reactive ketones (excluding diaryl/α,β-unsaturated/α-hetero) is 2. The Hall–Kier alpha value is -6.58. The Kier molecular flexibility index (Phi) is 14.3. The zero-order valence-electron chi connectivity index (χ0n) is 42.8. The number of nitrogens with one attached hydrogen (secondary N) is 2. The van der Waals surface area contributed by atoms with Crippen LogP contribution in [0.3, 0.4) is 0 Å². The molecule has 2 saturated heterocycles. The monoisotopic (exact) mass is 1000 g/mol. The Morgan fingerprint density at radius 3 is 1.23 bits per heavy atom. The summed E-state index contributed by atoms with van der Waals surface area (Å²) in [6, 6.07) is 15.5. The number of rotatable bonds is 16. The van der Waals surface area contributed by atoms with Crippen LogP contribution in [0.4, 0.5) is 9.59 Å². The highest BCUT2D eigenvalue weighted by Gasteiger charge is 2.58. The van der Waals surface area contributed by atoms with Gasteiger partial charge in [0.25, 0.3) is 0 Å². The molecule has 16 nitrogen and oxygen atoms in total. The zero-order chi connectivity index (χ0) is 52.0. The predicted molar refractivity (Wildman–Crippen MR) is 268 cm³/mol. The summed E-state index contributed by atoms with van der Waals surface area (Å²) in [5.74, 6) is -3.26. The first-order valence-electron chi connectivity index (χ1n) is 25.9. The summed E-state index contributed by atoms with van der Waals surface area (Å²) in [7, 11) is 2.46. The third-order valence-electron chi connectivity index (χ3n) is 16.7. The van der Waals surface area contributed by atoms with Crippen molar-refractivity contribution in [1.29, 1.82) is 0 Å². The second-order valence-corrected chi connectivity index (χ2v) is 22.5. The Bertz CT molecular complexity index is 2500. The molecular formula is C57H68N4O12. The smallest absolute Gasteiger partial charge is 0.407 e. The minimum absolute atomic E-state index is 0.149. The Morgan fingerprint density at radius 2 is 0.904 bits per heavy atom. The normalized spacial score (nSPS) is 21.2. The average molecular weight is 1000 g/mol. The lowest BCUT2D eigenvalue weighted by molar-refractivity contribution is -0.153. The number of benzene rings is 3. The molecule has 2 aliphatic heterocycles. The molecule has 4 atom stereocenters. The van der Waals surface area contributed by atoms with Crippen LogP contribution in [0.2, 0.25) is 0 Å². The second kappa shape index (κ2) is 20.4. The van der Waals surface area contributed by atoms with Crippen LogP contribution in [0.15, 0.2) is 60.7 Å². The van der Waals surface area contributed by atoms with Crippen molar-refractivity contribution in [1.82, 2.24) is 20.4 Å². The van der Waals surface area contributed by atoms with E-state index in [1.165, 1.54) is 48.0 Å². The number of hydrogen-bond acceptors (Lipinski definition) is 12. The number of amides is 4. The SMILES string of the molecule is COC(=O)NC(C(=O)N1CC2(CC2)CC1C(=O)OCC(=O)c1ccc(-c2ccc(-c3ccc(C(=O)COC(=O)C4CC5(CC5)CN4C(=O)C(NC(=O)OC)C(C)C)cc3)c3c2CC2(CCCC2)C3)cc1)C(C)C. The molecule has 3 aromatic carbocycles. The van der Waals surface area contributed by atoms with E-state index < -0.39 is 61.5 Å². The lowest BCUT2D eigenvalue weighted by Gasteiger charge is -2.29. The van der Waals surface area contributed by atoms with Gasteiger partial charge in [-0.2, -0.15) is 0 Å². The number of methoxy groups -OCH3 is 2. The van der Waals surface area contributed by atoms with Crippen molar-refractivity contribution < 1.29 is 57.3 Å². The van der Waals surface area contributed by atoms with Gasteiger partial charge in [-0.25, -0.2) is 19.2 Å². The number of carbonyl (C=O) groups is 8. The van der Waals surface area contributed by atoms with E-state index in [4.69, 9.17) is 18.9 Å². The number of alkyl carbamates (subject to hydrolysis) is 2. The first-order valence-corrected chi connectivity index (χ1v) is 25.9. The molecule has 4 aliphatic carbocycles. The molecule has 16 heteroatoms. The number of ketones is 2. The highest BCUT2D eigenvalue weighted by atomic mass is 16.6. The molecule has 3 saturated carbocycles. The number of carbonyl (C=O) groups excluding carboxylic acids is 8. The molecule has 0 bridgehead atoms. The molecule has 2 heterocycles. The molecule has 388 valence electrons. The van der Waals surface area contributed by atoms with E-state index in [-0.39, 0.29) is 51.5 Å². The van der Waals surface area contributed by atoms with Crippen molar-refractivity contribution in [3.8, 4) is 22.3 Å². The first kappa shape index (κ1) is 51.3. The van der Waals surface area contributed by atoms with Crippen LogP contribution in [0.25, 0.3) is 22.3 Å². The van der Waals surface area contributed by atoms with Gasteiger partial charge in [-0.15, -0.1) is 0 Å². The van der Waals surface area contributed by atoms with Gasteiger partial charge in [-0.1, -0.05) is 101 Å². The van der Waals surface area contributed by atoms with E-state index in [2.05, 4.69) is 22.8 Å². The number of fused-ring (bicyclic) bond motifs is 1. The van der Waals surface area contributed by atoms with E-state index in [0.717, 1.165) is 73.6 Å². The van der Waals surface area contributed by atoms with Crippen molar-refractivity contribution in [2.45, 2.75) is 129 Å². The van der Waals surface area contributed by atoms with Gasteiger partial charge in [-0.3, -0.25) is 19.2 Å². The van der Waals surface area contributed by atoms with Crippen LogP contribution in [0.5, 0.6) is 0 Å². The summed E-state index contributed by atoms with van der Waals surface area (Å²) in [5.41, 5.74) is 7.34. The van der Waals surface area contributed by atoms with Gasteiger partial charge >= 0.3 is 24.1 Å². The molecule has 2 N–H and O–H groups in total. The van der Waals surface area contributed by atoms with Gasteiger partial charge in [0.1, 0.15) is 24.2 Å². The average Bonchev–Trinajstić information content (AvgIpc) is 4.05. The zero-order valence-corrected chi connectivity index (χ0v) is 42.8. The first-order chi connectivity index (χ1) is 34.9. The third-order valence-corrected chi connectivity index (χ3v) is 16.7. The molecule has 0 aromatic heterocycles. The van der Waals surface area contributed by atoms with Gasteiger partial charge in [0.2, 0.25) is 11.8 Å². The Morgan fingerprint density at radius 1 is 0.534 bits per heavy atom. The number of hydrogen-bond donors (Lipinski definition) is 2. The number of likely N-dealkylation sites (tertiary alicyclic amines) is 2. The molecule has 3 spiro atoms. The summed E-state index contributed by atoms with van der Waals surface area (Å²) in [6.07, 6.45) is 9.53. The minimum Gasteiger partial charge on any atom is -0.456 e. The highest BCUT2D eigenvalue weighted by Crippen LogP contribution is 2.57. The Balaban J connectivity index is 0.849. The summed E-state index contributed by atoms with van der Waals surface area (Å²) in [6.45, 7) is 7.08. The van der Waals surface area contributed by atoms with Gasteiger partial charge in [-0.05, 0) is 126 Å². The second-order valence-electron chi connectivity index (χ2n) is 22.5. The topological polar surface area (TPSA) is 204 Å². The summed E-state index contributed by atoms with van der Waals surface area (Å²) in [5, 5.41) is 5.22. The molecular weight excluding hydrogens is 933 g/mol. The molecule has 6 aliphatic rings. The summed E-state index contributed by atoms with van der Waals surface area (Å²) < 4.78 is 20.7. The molecule has 73 heavy (non-hydrogen) atoms. The molecule has 5 fully saturated rings. The van der Waals surface area contributed by atoms with Crippen molar-refractivity contribution in [2.75, 3.05) is 40.5 Å². The van der Waals surface area contributed by atoms with E-state index in [1.54, 1.807) is 24.3 Å². The molecule has 0 radical (unpaired) electrons. The maximum atomic E-state index is 13.7. The van der Waals surface area contributed by atoms with Crippen LogP contribution in [-0.2, 0) is 51.0 Å². The fourth-order valence-electron chi connectivity index (χ4n) is 12.1.